The molecular weight excluding hydrogens is 529 g/mol. The molecule has 2 fully saturated rings. The number of guanidine groups is 1. The number of benzene rings is 2. The molecule has 1 atom stereocenters. The van der Waals surface area contributed by atoms with Crippen LogP contribution in [0.4, 0.5) is 11.4 Å². The van der Waals surface area contributed by atoms with Crippen LogP contribution in [-0.2, 0) is 11.3 Å². The maximum absolute atomic E-state index is 12.2. The lowest BCUT2D eigenvalue weighted by atomic mass is 9.85. The molecule has 2 aliphatic rings. The summed E-state index contributed by atoms with van der Waals surface area (Å²) in [6.45, 7) is 2.50. The highest BCUT2D eigenvalue weighted by atomic mass is 127. The van der Waals surface area contributed by atoms with Crippen molar-refractivity contribution in [2.45, 2.75) is 38.3 Å². The Kier molecular flexibility index (Phi) is 9.22. The summed E-state index contributed by atoms with van der Waals surface area (Å²) in [4.78, 5) is 19.0. The maximum Gasteiger partial charge on any atom is 0.227 e. The van der Waals surface area contributed by atoms with Crippen molar-refractivity contribution in [2.75, 3.05) is 37.5 Å². The molecule has 7 nitrogen and oxygen atoms in total. The zero-order valence-corrected chi connectivity index (χ0v) is 21.7. The number of carbonyl (C=O) groups excluding carboxylic acids is 1. The number of hydrogen-bond acceptors (Lipinski definition) is 4. The molecule has 3 N–H and O–H groups in total. The third-order valence-corrected chi connectivity index (χ3v) is 6.31. The van der Waals surface area contributed by atoms with E-state index >= 15 is 0 Å². The topological polar surface area (TPSA) is 78.0 Å². The molecule has 0 aromatic heterocycles. The van der Waals surface area contributed by atoms with Crippen LogP contribution in [0, 0.1) is 5.92 Å². The number of nitrogens with zero attached hydrogens (tertiary/aromatic N) is 2. The van der Waals surface area contributed by atoms with E-state index in [1.54, 1.807) is 14.2 Å². The molecule has 1 aliphatic carbocycles. The first-order valence-electron chi connectivity index (χ1n) is 11.4. The summed E-state index contributed by atoms with van der Waals surface area (Å²) in [5.74, 6) is 2.00. The number of ether oxygens (including phenoxy) is 1. The van der Waals surface area contributed by atoms with Crippen molar-refractivity contribution < 1.29 is 9.53 Å². The molecule has 1 saturated heterocycles. The molecular formula is C25H34IN5O2. The van der Waals surface area contributed by atoms with Crippen molar-refractivity contribution in [2.24, 2.45) is 10.9 Å². The van der Waals surface area contributed by atoms with Crippen molar-refractivity contribution in [3.63, 3.8) is 0 Å². The summed E-state index contributed by atoms with van der Waals surface area (Å²) < 4.78 is 5.51. The van der Waals surface area contributed by atoms with Crippen LogP contribution in [0.15, 0.2) is 53.5 Å². The Morgan fingerprint density at radius 3 is 2.70 bits per heavy atom. The number of nitrogens with one attached hydrogen (secondary N) is 3. The molecule has 2 aromatic rings. The number of methoxy groups -OCH3 is 1. The molecule has 1 saturated carbocycles. The summed E-state index contributed by atoms with van der Waals surface area (Å²) in [7, 11) is 3.50. The van der Waals surface area contributed by atoms with Crippen LogP contribution in [0.25, 0.3) is 0 Å². The molecule has 0 radical (unpaired) electrons. The zero-order chi connectivity index (χ0) is 22.3. The van der Waals surface area contributed by atoms with Crippen LogP contribution < -0.4 is 25.6 Å². The van der Waals surface area contributed by atoms with E-state index in [0.717, 1.165) is 67.4 Å². The van der Waals surface area contributed by atoms with Gasteiger partial charge < -0.3 is 25.6 Å². The second-order valence-corrected chi connectivity index (χ2v) is 8.49. The van der Waals surface area contributed by atoms with Gasteiger partial charge in [-0.2, -0.15) is 0 Å². The predicted octanol–water partition coefficient (Wildman–Crippen LogP) is 4.00. The van der Waals surface area contributed by atoms with Gasteiger partial charge in [-0.1, -0.05) is 30.7 Å². The smallest absolute Gasteiger partial charge is 0.227 e. The second kappa shape index (κ2) is 12.1. The van der Waals surface area contributed by atoms with Crippen molar-refractivity contribution in [3.8, 4) is 5.75 Å². The molecule has 33 heavy (non-hydrogen) atoms. The van der Waals surface area contributed by atoms with E-state index in [1.165, 1.54) is 0 Å². The summed E-state index contributed by atoms with van der Waals surface area (Å²) >= 11 is 0. The van der Waals surface area contributed by atoms with Crippen LogP contribution in [0.2, 0.25) is 0 Å². The molecule has 1 heterocycles. The van der Waals surface area contributed by atoms with E-state index < -0.39 is 0 Å². The molecule has 1 aliphatic heterocycles. The summed E-state index contributed by atoms with van der Waals surface area (Å²) in [5, 5.41) is 9.98. The number of aliphatic imine (C=N–C) groups is 1. The number of carbonyl (C=O) groups is 1. The fourth-order valence-corrected chi connectivity index (χ4v) is 4.24. The van der Waals surface area contributed by atoms with E-state index in [1.807, 2.05) is 36.4 Å². The van der Waals surface area contributed by atoms with Crippen molar-refractivity contribution in [1.29, 1.82) is 0 Å². The molecule has 1 unspecified atom stereocenters. The first-order valence-corrected chi connectivity index (χ1v) is 11.4. The van der Waals surface area contributed by atoms with Gasteiger partial charge in [-0.3, -0.25) is 9.79 Å². The largest absolute Gasteiger partial charge is 0.495 e. The molecule has 178 valence electrons. The van der Waals surface area contributed by atoms with Crippen LogP contribution in [0.5, 0.6) is 5.75 Å². The molecule has 2 aromatic carbocycles. The SMILES string of the molecule is CN=C(NCc1cccc(NC(=O)C2CCC2)c1)NC1CCN(c2ccccc2OC)C1.I. The number of rotatable bonds is 7. The van der Waals surface area contributed by atoms with Gasteiger partial charge in [0.25, 0.3) is 0 Å². The maximum atomic E-state index is 12.2. The monoisotopic (exact) mass is 563 g/mol. The highest BCUT2D eigenvalue weighted by Crippen LogP contribution is 2.30. The Hall–Kier alpha value is -2.49. The van der Waals surface area contributed by atoms with Crippen molar-refractivity contribution in [1.82, 2.24) is 10.6 Å². The number of amides is 1. The van der Waals surface area contributed by atoms with Gasteiger partial charge in [0.2, 0.25) is 5.91 Å². The second-order valence-electron chi connectivity index (χ2n) is 8.49. The van der Waals surface area contributed by atoms with Gasteiger partial charge >= 0.3 is 0 Å². The first-order chi connectivity index (χ1) is 15.7. The van der Waals surface area contributed by atoms with E-state index in [2.05, 4.69) is 38.0 Å². The third-order valence-electron chi connectivity index (χ3n) is 6.31. The van der Waals surface area contributed by atoms with Crippen molar-refractivity contribution in [3.05, 3.63) is 54.1 Å². The Morgan fingerprint density at radius 2 is 1.97 bits per heavy atom. The molecule has 8 heteroatoms. The standard InChI is InChI=1S/C25H33N5O2.HI/c1-26-25(29-21-13-14-30(17-21)22-11-3-4-12-23(22)32-2)27-16-18-7-5-10-20(15-18)28-24(31)19-8-6-9-19;/h3-5,7,10-12,15,19,21H,6,8-9,13-14,16-17H2,1-2H3,(H,28,31)(H2,26,27,29);1H. The fraction of sp³-hybridized carbons (Fsp3) is 0.440. The van der Waals surface area contributed by atoms with Crippen molar-refractivity contribution >= 4 is 47.2 Å². The average molecular weight is 563 g/mol. The summed E-state index contributed by atoms with van der Waals surface area (Å²) in [6.07, 6.45) is 4.20. The highest BCUT2D eigenvalue weighted by Gasteiger charge is 2.26. The average Bonchev–Trinajstić information content (AvgIpc) is 3.24. The van der Waals surface area contributed by atoms with Crippen LogP contribution in [0.1, 0.15) is 31.2 Å². The van der Waals surface area contributed by atoms with E-state index in [9.17, 15) is 4.79 Å². The molecule has 0 bridgehead atoms. The van der Waals surface area contributed by atoms with E-state index in [4.69, 9.17) is 4.74 Å². The fourth-order valence-electron chi connectivity index (χ4n) is 4.24. The van der Waals surface area contributed by atoms with Crippen LogP contribution >= 0.6 is 24.0 Å². The van der Waals surface area contributed by atoms with Gasteiger partial charge in [-0.25, -0.2) is 0 Å². The normalized spacial score (nSPS) is 18.2. The Balaban J connectivity index is 0.00000306. The number of halogens is 1. The quantitative estimate of drug-likeness (QED) is 0.270. The first kappa shape index (κ1) is 25.1. The van der Waals surface area contributed by atoms with Gasteiger partial charge in [-0.05, 0) is 49.1 Å². The number of hydrogen-bond donors (Lipinski definition) is 3. The minimum atomic E-state index is 0. The molecule has 4 rings (SSSR count). The Morgan fingerprint density at radius 1 is 1.15 bits per heavy atom. The van der Waals surface area contributed by atoms with Gasteiger partial charge in [0.1, 0.15) is 5.75 Å². The van der Waals surface area contributed by atoms with Crippen LogP contribution in [0.3, 0.4) is 0 Å². The highest BCUT2D eigenvalue weighted by molar-refractivity contribution is 14.0. The van der Waals surface area contributed by atoms with Crippen LogP contribution in [-0.4, -0.2) is 45.2 Å². The minimum Gasteiger partial charge on any atom is -0.495 e. The zero-order valence-electron chi connectivity index (χ0n) is 19.3. The van der Waals surface area contributed by atoms with E-state index in [0.29, 0.717) is 12.6 Å². The van der Waals surface area contributed by atoms with Gasteiger partial charge in [-0.15, -0.1) is 24.0 Å². The van der Waals surface area contributed by atoms with Gasteiger partial charge in [0.05, 0.1) is 12.8 Å². The van der Waals surface area contributed by atoms with Gasteiger partial charge in [0.15, 0.2) is 5.96 Å². The van der Waals surface area contributed by atoms with Gasteiger partial charge in [0, 0.05) is 44.3 Å². The Bertz CT molecular complexity index is 963. The molecule has 1 amide bonds. The lowest BCUT2D eigenvalue weighted by Gasteiger charge is -2.24. The Labute approximate surface area is 213 Å². The number of anilines is 2. The summed E-state index contributed by atoms with van der Waals surface area (Å²) in [6, 6.07) is 16.4. The van der Waals surface area contributed by atoms with E-state index in [-0.39, 0.29) is 35.8 Å². The third kappa shape index (κ3) is 6.52. The number of para-hydroxylation sites is 2. The predicted molar refractivity (Wildman–Crippen MR) is 145 cm³/mol. The minimum absolute atomic E-state index is 0. The molecule has 0 spiro atoms. The lowest BCUT2D eigenvalue weighted by molar-refractivity contribution is -0.122. The lowest BCUT2D eigenvalue weighted by Crippen LogP contribution is -2.44. The summed E-state index contributed by atoms with van der Waals surface area (Å²) in [5.41, 5.74) is 3.08.